The molecular weight excluding hydrogens is 347 g/mol. The first-order chi connectivity index (χ1) is 11.8. The molecule has 2 heterocycles. The number of carboxylic acid groups (broad SMARTS) is 1. The van der Waals surface area contributed by atoms with Gasteiger partial charge in [-0.15, -0.1) is 0 Å². The zero-order chi connectivity index (χ0) is 17.9. The molecule has 1 aliphatic heterocycles. The smallest absolute Gasteiger partial charge is 0.416 e. The molecule has 0 saturated heterocycles. The quantitative estimate of drug-likeness (QED) is 0.697. The normalized spacial score (nSPS) is 18.4. The van der Waals surface area contributed by atoms with Crippen LogP contribution in [0.1, 0.15) is 18.5 Å². The lowest BCUT2D eigenvalue weighted by Crippen LogP contribution is -2.17. The zero-order valence-electron chi connectivity index (χ0n) is 13.0. The predicted octanol–water partition coefficient (Wildman–Crippen LogP) is 3.33. The van der Waals surface area contributed by atoms with Crippen LogP contribution >= 0.6 is 0 Å². The molecule has 3 aromatic rings. The van der Waals surface area contributed by atoms with E-state index in [1.165, 1.54) is 24.4 Å². The minimum absolute atomic E-state index is 0.219. The molecule has 4 rings (SSSR count). The first-order valence-electron chi connectivity index (χ1n) is 7.48. The van der Waals surface area contributed by atoms with Gasteiger partial charge in [-0.25, -0.2) is 22.3 Å². The van der Waals surface area contributed by atoms with Gasteiger partial charge in [0.15, 0.2) is 0 Å². The fraction of sp³-hybridized carbons (Fsp3) is 0.118. The van der Waals surface area contributed by atoms with Gasteiger partial charge < -0.3 is 5.11 Å². The number of aromatic nitrogens is 1. The highest BCUT2D eigenvalue weighted by Gasteiger charge is 2.31. The Hall–Kier alpha value is -2.71. The molecule has 0 radical (unpaired) electrons. The summed E-state index contributed by atoms with van der Waals surface area (Å²) in [5.41, 5.74) is 2.12. The molecule has 0 fully saturated rings. The molecular formula is C17H13FN2O4S. The molecule has 0 amide bonds. The van der Waals surface area contributed by atoms with Crippen LogP contribution in [-0.2, 0) is 10.0 Å². The second-order valence-corrected chi connectivity index (χ2v) is 7.63. The van der Waals surface area contributed by atoms with Gasteiger partial charge in [-0.1, -0.05) is 6.07 Å². The molecule has 8 heteroatoms. The zero-order valence-corrected chi connectivity index (χ0v) is 13.8. The lowest BCUT2D eigenvalue weighted by molar-refractivity contribution is 0.197. The average Bonchev–Trinajstić information content (AvgIpc) is 3.02. The molecule has 0 bridgehead atoms. The largest absolute Gasteiger partial charge is 0.464 e. The van der Waals surface area contributed by atoms with E-state index >= 15 is 0 Å². The van der Waals surface area contributed by atoms with Crippen molar-refractivity contribution in [1.82, 2.24) is 9.29 Å². The summed E-state index contributed by atoms with van der Waals surface area (Å²) in [5, 5.41) is 9.92. The van der Waals surface area contributed by atoms with E-state index < -0.39 is 21.9 Å². The van der Waals surface area contributed by atoms with Crippen LogP contribution in [0.2, 0.25) is 0 Å². The molecule has 2 aromatic carbocycles. The van der Waals surface area contributed by atoms with Crippen molar-refractivity contribution in [2.45, 2.75) is 17.9 Å². The Labute approximate surface area is 142 Å². The Morgan fingerprint density at radius 2 is 2.00 bits per heavy atom. The third-order valence-corrected chi connectivity index (χ3v) is 6.00. The first kappa shape index (κ1) is 15.8. The number of nitrogens with one attached hydrogen (secondary N) is 1. The van der Waals surface area contributed by atoms with Crippen LogP contribution in [0.25, 0.3) is 22.0 Å². The van der Waals surface area contributed by atoms with Gasteiger partial charge in [0.05, 0.1) is 10.4 Å². The van der Waals surface area contributed by atoms with Gasteiger partial charge in [0.1, 0.15) is 5.82 Å². The molecule has 1 aromatic heterocycles. The van der Waals surface area contributed by atoms with Gasteiger partial charge in [0.25, 0.3) is 0 Å². The van der Waals surface area contributed by atoms with Crippen molar-refractivity contribution >= 4 is 27.0 Å². The number of halogens is 1. The molecule has 0 saturated carbocycles. The number of rotatable bonds is 1. The lowest BCUT2D eigenvalue weighted by atomic mass is 10.00. The molecule has 0 aliphatic carbocycles. The number of hydrogen-bond donors (Lipinski definition) is 2. The van der Waals surface area contributed by atoms with Gasteiger partial charge in [-0.05, 0) is 48.4 Å². The summed E-state index contributed by atoms with van der Waals surface area (Å²) in [6, 6.07) is 8.43. The van der Waals surface area contributed by atoms with Crippen LogP contribution in [0.5, 0.6) is 0 Å². The van der Waals surface area contributed by atoms with Crippen LogP contribution in [0, 0.1) is 5.82 Å². The maximum Gasteiger partial charge on any atom is 0.416 e. The lowest BCUT2D eigenvalue weighted by Gasteiger charge is -2.05. The third kappa shape index (κ3) is 2.33. The van der Waals surface area contributed by atoms with Crippen LogP contribution in [-0.4, -0.2) is 24.2 Å². The summed E-state index contributed by atoms with van der Waals surface area (Å²) in [6.07, 6.45) is 0.191. The van der Waals surface area contributed by atoms with E-state index in [1.54, 1.807) is 19.1 Å². The SMILES string of the molecule is C[C@H]1NS(=O)(=O)c2ccc(-c3cn(C(=O)O)c4cc(F)ccc34)cc21. The Kier molecular flexibility index (Phi) is 3.25. The molecule has 0 unspecified atom stereocenters. The molecule has 25 heavy (non-hydrogen) atoms. The standard InChI is InChI=1S/C17H13FN2O4S/c1-9-13-6-10(2-5-16(13)25(23,24)19-9)14-8-20(17(21)22)15-7-11(18)3-4-12(14)15/h2-9,19H,1H3,(H,21,22)/t9-/m1/s1. The fourth-order valence-corrected chi connectivity index (χ4v) is 4.76. The number of carbonyl (C=O) groups is 1. The summed E-state index contributed by atoms with van der Waals surface area (Å²) in [5.74, 6) is -0.530. The van der Waals surface area contributed by atoms with Gasteiger partial charge in [-0.3, -0.25) is 4.57 Å². The maximum atomic E-state index is 13.5. The van der Waals surface area contributed by atoms with Crippen molar-refractivity contribution in [3.8, 4) is 11.1 Å². The van der Waals surface area contributed by atoms with Crippen molar-refractivity contribution < 1.29 is 22.7 Å². The van der Waals surface area contributed by atoms with E-state index in [1.807, 2.05) is 0 Å². The van der Waals surface area contributed by atoms with Crippen molar-refractivity contribution in [1.29, 1.82) is 0 Å². The van der Waals surface area contributed by atoms with Crippen LogP contribution in [0.4, 0.5) is 9.18 Å². The fourth-order valence-electron chi connectivity index (χ4n) is 3.25. The van der Waals surface area contributed by atoms with Crippen LogP contribution in [0.15, 0.2) is 47.5 Å². The monoisotopic (exact) mass is 360 g/mol. The highest BCUT2D eigenvalue weighted by Crippen LogP contribution is 2.37. The van der Waals surface area contributed by atoms with Crippen molar-refractivity contribution in [2.24, 2.45) is 0 Å². The highest BCUT2D eigenvalue weighted by atomic mass is 32.2. The Balaban J connectivity index is 1.98. The van der Waals surface area contributed by atoms with E-state index in [-0.39, 0.29) is 16.5 Å². The van der Waals surface area contributed by atoms with Gasteiger partial charge in [0, 0.05) is 23.2 Å². The molecule has 6 nitrogen and oxygen atoms in total. The second-order valence-electron chi connectivity index (χ2n) is 5.95. The summed E-state index contributed by atoms with van der Waals surface area (Å²) in [4.78, 5) is 11.7. The number of sulfonamides is 1. The molecule has 1 aliphatic rings. The Morgan fingerprint density at radius 1 is 1.24 bits per heavy atom. The van der Waals surface area contributed by atoms with Gasteiger partial charge in [0.2, 0.25) is 10.0 Å². The second kappa shape index (κ2) is 5.14. The van der Waals surface area contributed by atoms with Gasteiger partial charge >= 0.3 is 6.09 Å². The van der Waals surface area contributed by atoms with Crippen LogP contribution < -0.4 is 4.72 Å². The van der Waals surface area contributed by atoms with E-state index in [9.17, 15) is 22.7 Å². The number of nitrogens with zero attached hydrogens (tertiary/aromatic N) is 1. The summed E-state index contributed by atoms with van der Waals surface area (Å²) in [7, 11) is -3.51. The molecule has 128 valence electrons. The summed E-state index contributed by atoms with van der Waals surface area (Å²) >= 11 is 0. The van der Waals surface area contributed by atoms with Gasteiger partial charge in [-0.2, -0.15) is 0 Å². The van der Waals surface area contributed by atoms with E-state index in [2.05, 4.69) is 4.72 Å². The third-order valence-electron chi connectivity index (χ3n) is 4.38. The Morgan fingerprint density at radius 3 is 2.72 bits per heavy atom. The summed E-state index contributed by atoms with van der Waals surface area (Å²) in [6.45, 7) is 1.74. The summed E-state index contributed by atoms with van der Waals surface area (Å²) < 4.78 is 41.1. The molecule has 0 spiro atoms. The minimum Gasteiger partial charge on any atom is -0.464 e. The highest BCUT2D eigenvalue weighted by molar-refractivity contribution is 7.89. The number of hydrogen-bond acceptors (Lipinski definition) is 3. The minimum atomic E-state index is -3.51. The number of benzene rings is 2. The van der Waals surface area contributed by atoms with Crippen molar-refractivity contribution in [3.63, 3.8) is 0 Å². The Bertz CT molecular complexity index is 1150. The molecule has 2 N–H and O–H groups in total. The van der Waals surface area contributed by atoms with Crippen LogP contribution in [0.3, 0.4) is 0 Å². The number of fused-ring (bicyclic) bond motifs is 2. The predicted molar refractivity (Wildman–Crippen MR) is 89.5 cm³/mol. The average molecular weight is 360 g/mol. The van der Waals surface area contributed by atoms with E-state index in [0.29, 0.717) is 22.1 Å². The molecule has 1 atom stereocenters. The topological polar surface area (TPSA) is 88.4 Å². The first-order valence-corrected chi connectivity index (χ1v) is 8.97. The van der Waals surface area contributed by atoms with Crippen molar-refractivity contribution in [2.75, 3.05) is 0 Å². The van der Waals surface area contributed by atoms with E-state index in [4.69, 9.17) is 0 Å². The maximum absolute atomic E-state index is 13.5. The van der Waals surface area contributed by atoms with E-state index in [0.717, 1.165) is 10.6 Å². The van der Waals surface area contributed by atoms with Crippen molar-refractivity contribution in [3.05, 3.63) is 54.0 Å².